The molecule has 0 aliphatic rings. The smallest absolute Gasteiger partial charge is 0.0483 e. The molecule has 19 heavy (non-hydrogen) atoms. The van der Waals surface area contributed by atoms with Gasteiger partial charge in [-0.25, -0.2) is 0 Å². The van der Waals surface area contributed by atoms with Crippen LogP contribution >= 0.6 is 0 Å². The molecule has 0 fully saturated rings. The molecule has 1 heterocycles. The number of aromatic nitrogens is 1. The quantitative estimate of drug-likeness (QED) is 0.835. The van der Waals surface area contributed by atoms with E-state index in [-0.39, 0.29) is 6.04 Å². The van der Waals surface area contributed by atoms with Crippen molar-refractivity contribution in [2.24, 2.45) is 11.7 Å². The summed E-state index contributed by atoms with van der Waals surface area (Å²) in [5, 5.41) is 1.33. The monoisotopic (exact) mass is 258 g/mol. The first-order valence-corrected chi connectivity index (χ1v) is 7.47. The standard InChI is InChI=1S/C17H26N2/c1-4-14(5-2)12-19-9-8-16-7-6-15(10-13(3)18)11-17(16)19/h6-9,11,13-14H,4-5,10,12,18H2,1-3H3. The first-order chi connectivity index (χ1) is 9.13. The van der Waals surface area contributed by atoms with Gasteiger partial charge in [-0.15, -0.1) is 0 Å². The highest BCUT2D eigenvalue weighted by Crippen LogP contribution is 2.21. The fraction of sp³-hybridized carbons (Fsp3) is 0.529. The summed E-state index contributed by atoms with van der Waals surface area (Å²) >= 11 is 0. The number of fused-ring (bicyclic) bond motifs is 1. The van der Waals surface area contributed by atoms with E-state index >= 15 is 0 Å². The van der Waals surface area contributed by atoms with Crippen LogP contribution in [0.25, 0.3) is 10.9 Å². The van der Waals surface area contributed by atoms with Gasteiger partial charge < -0.3 is 10.3 Å². The first kappa shape index (κ1) is 14.1. The summed E-state index contributed by atoms with van der Waals surface area (Å²) in [5.41, 5.74) is 8.59. The van der Waals surface area contributed by atoms with Crippen molar-refractivity contribution in [3.8, 4) is 0 Å². The number of rotatable bonds is 6. The zero-order valence-corrected chi connectivity index (χ0v) is 12.4. The van der Waals surface area contributed by atoms with Gasteiger partial charge in [-0.3, -0.25) is 0 Å². The number of nitrogens with zero attached hydrogens (tertiary/aromatic N) is 1. The number of benzene rings is 1. The van der Waals surface area contributed by atoms with Crippen molar-refractivity contribution in [3.63, 3.8) is 0 Å². The van der Waals surface area contributed by atoms with E-state index in [1.165, 1.54) is 29.3 Å². The molecule has 2 nitrogen and oxygen atoms in total. The second-order valence-corrected chi connectivity index (χ2v) is 5.73. The zero-order chi connectivity index (χ0) is 13.8. The second kappa shape index (κ2) is 6.25. The van der Waals surface area contributed by atoms with Crippen LogP contribution in [0.3, 0.4) is 0 Å². The van der Waals surface area contributed by atoms with Gasteiger partial charge >= 0.3 is 0 Å². The van der Waals surface area contributed by atoms with E-state index < -0.39 is 0 Å². The molecule has 0 bridgehead atoms. The van der Waals surface area contributed by atoms with Crippen LogP contribution in [0.4, 0.5) is 0 Å². The fourth-order valence-corrected chi connectivity index (χ4v) is 2.71. The molecule has 2 N–H and O–H groups in total. The topological polar surface area (TPSA) is 30.9 Å². The third kappa shape index (κ3) is 3.38. The third-order valence-electron chi connectivity index (χ3n) is 4.01. The van der Waals surface area contributed by atoms with Gasteiger partial charge in [0.15, 0.2) is 0 Å². The summed E-state index contributed by atoms with van der Waals surface area (Å²) in [6, 6.07) is 9.16. The zero-order valence-electron chi connectivity index (χ0n) is 12.4. The minimum Gasteiger partial charge on any atom is -0.347 e. The van der Waals surface area contributed by atoms with E-state index in [4.69, 9.17) is 5.73 Å². The Morgan fingerprint density at radius 1 is 1.16 bits per heavy atom. The molecule has 2 heteroatoms. The fourth-order valence-electron chi connectivity index (χ4n) is 2.71. The van der Waals surface area contributed by atoms with Crippen molar-refractivity contribution < 1.29 is 0 Å². The van der Waals surface area contributed by atoms with Gasteiger partial charge in [0, 0.05) is 24.3 Å². The molecule has 1 aromatic heterocycles. The molecular formula is C17H26N2. The summed E-state index contributed by atoms with van der Waals surface area (Å²) in [6.45, 7) is 7.74. The Hall–Kier alpha value is -1.28. The lowest BCUT2D eigenvalue weighted by molar-refractivity contribution is 0.425. The number of hydrogen-bond acceptors (Lipinski definition) is 1. The van der Waals surface area contributed by atoms with Gasteiger partial charge in [-0.05, 0) is 42.3 Å². The Morgan fingerprint density at radius 2 is 1.89 bits per heavy atom. The molecule has 0 saturated heterocycles. The Bertz CT molecular complexity index is 521. The van der Waals surface area contributed by atoms with E-state index in [1.807, 2.05) is 0 Å². The van der Waals surface area contributed by atoms with Crippen LogP contribution in [0, 0.1) is 5.92 Å². The van der Waals surface area contributed by atoms with E-state index in [1.54, 1.807) is 0 Å². The molecule has 0 aliphatic carbocycles. The van der Waals surface area contributed by atoms with Crippen molar-refractivity contribution >= 4 is 10.9 Å². The van der Waals surface area contributed by atoms with Gasteiger partial charge in [-0.2, -0.15) is 0 Å². The molecule has 1 unspecified atom stereocenters. The van der Waals surface area contributed by atoms with Crippen molar-refractivity contribution in [2.75, 3.05) is 0 Å². The van der Waals surface area contributed by atoms with Crippen LogP contribution in [0.5, 0.6) is 0 Å². The predicted octanol–water partition coefficient (Wildman–Crippen LogP) is 3.97. The van der Waals surface area contributed by atoms with Crippen LogP contribution in [-0.2, 0) is 13.0 Å². The molecular weight excluding hydrogens is 232 g/mol. The maximum Gasteiger partial charge on any atom is 0.0483 e. The number of nitrogens with two attached hydrogens (primary N) is 1. The van der Waals surface area contributed by atoms with Crippen molar-refractivity contribution in [1.29, 1.82) is 0 Å². The number of hydrogen-bond donors (Lipinski definition) is 1. The molecule has 0 saturated carbocycles. The largest absolute Gasteiger partial charge is 0.347 e. The summed E-state index contributed by atoms with van der Waals surface area (Å²) in [6.07, 6.45) is 5.66. The van der Waals surface area contributed by atoms with E-state index in [0.29, 0.717) is 0 Å². The van der Waals surface area contributed by atoms with Gasteiger partial charge in [0.05, 0.1) is 0 Å². The summed E-state index contributed by atoms with van der Waals surface area (Å²) in [5.74, 6) is 0.771. The predicted molar refractivity (Wildman–Crippen MR) is 83.4 cm³/mol. The van der Waals surface area contributed by atoms with Gasteiger partial charge in [0.2, 0.25) is 0 Å². The molecule has 104 valence electrons. The van der Waals surface area contributed by atoms with Crippen LogP contribution in [0.15, 0.2) is 30.5 Å². The Kier molecular flexibility index (Phi) is 4.65. The summed E-state index contributed by atoms with van der Waals surface area (Å²) in [4.78, 5) is 0. The van der Waals surface area contributed by atoms with Crippen LogP contribution < -0.4 is 5.73 Å². The third-order valence-corrected chi connectivity index (χ3v) is 4.01. The molecule has 0 spiro atoms. The summed E-state index contributed by atoms with van der Waals surface area (Å²) in [7, 11) is 0. The molecule has 0 aliphatic heterocycles. The Morgan fingerprint density at radius 3 is 2.53 bits per heavy atom. The average molecular weight is 258 g/mol. The second-order valence-electron chi connectivity index (χ2n) is 5.73. The first-order valence-electron chi connectivity index (χ1n) is 7.47. The normalized spacial score (nSPS) is 13.3. The maximum atomic E-state index is 5.90. The minimum atomic E-state index is 0.222. The lowest BCUT2D eigenvalue weighted by atomic mass is 10.0. The highest BCUT2D eigenvalue weighted by Gasteiger charge is 2.08. The van der Waals surface area contributed by atoms with E-state index in [9.17, 15) is 0 Å². The molecule has 2 rings (SSSR count). The van der Waals surface area contributed by atoms with Crippen molar-refractivity contribution in [1.82, 2.24) is 4.57 Å². The SMILES string of the molecule is CCC(CC)Cn1ccc2ccc(CC(C)N)cc21. The Balaban J connectivity index is 2.28. The van der Waals surface area contributed by atoms with Gasteiger partial charge in [-0.1, -0.05) is 38.8 Å². The van der Waals surface area contributed by atoms with Crippen LogP contribution in [0.2, 0.25) is 0 Å². The van der Waals surface area contributed by atoms with Gasteiger partial charge in [0.25, 0.3) is 0 Å². The summed E-state index contributed by atoms with van der Waals surface area (Å²) < 4.78 is 2.40. The lowest BCUT2D eigenvalue weighted by Gasteiger charge is -2.15. The van der Waals surface area contributed by atoms with Crippen molar-refractivity contribution in [3.05, 3.63) is 36.0 Å². The average Bonchev–Trinajstić information content (AvgIpc) is 2.77. The molecule has 1 aromatic carbocycles. The lowest BCUT2D eigenvalue weighted by Crippen LogP contribution is -2.17. The van der Waals surface area contributed by atoms with Crippen LogP contribution in [0.1, 0.15) is 39.2 Å². The van der Waals surface area contributed by atoms with Gasteiger partial charge in [0.1, 0.15) is 0 Å². The molecule has 2 aromatic rings. The Labute approximate surface area is 116 Å². The van der Waals surface area contributed by atoms with E-state index in [0.717, 1.165) is 18.9 Å². The molecule has 0 radical (unpaired) electrons. The highest BCUT2D eigenvalue weighted by atomic mass is 15.0. The maximum absolute atomic E-state index is 5.90. The minimum absolute atomic E-state index is 0.222. The van der Waals surface area contributed by atoms with Crippen molar-refractivity contribution in [2.45, 2.75) is 52.6 Å². The van der Waals surface area contributed by atoms with E-state index in [2.05, 4.69) is 55.8 Å². The molecule has 0 amide bonds. The highest BCUT2D eigenvalue weighted by molar-refractivity contribution is 5.80. The molecule has 1 atom stereocenters. The van der Waals surface area contributed by atoms with Crippen LogP contribution in [-0.4, -0.2) is 10.6 Å².